The molecule has 0 aliphatic heterocycles. The molecular formula is C14H11FN2O4. The van der Waals surface area contributed by atoms with Gasteiger partial charge in [0.15, 0.2) is 5.75 Å². The van der Waals surface area contributed by atoms with Gasteiger partial charge in [-0.1, -0.05) is 0 Å². The fourth-order valence-corrected chi connectivity index (χ4v) is 1.71. The third kappa shape index (κ3) is 3.33. The van der Waals surface area contributed by atoms with E-state index in [0.29, 0.717) is 0 Å². The molecule has 21 heavy (non-hydrogen) atoms. The van der Waals surface area contributed by atoms with Gasteiger partial charge < -0.3 is 10.1 Å². The van der Waals surface area contributed by atoms with Crippen LogP contribution in [0.3, 0.4) is 0 Å². The summed E-state index contributed by atoms with van der Waals surface area (Å²) in [7, 11) is 1.32. The van der Waals surface area contributed by atoms with Crippen LogP contribution < -0.4 is 10.1 Å². The molecule has 0 spiro atoms. The van der Waals surface area contributed by atoms with E-state index in [0.717, 1.165) is 12.1 Å². The Labute approximate surface area is 119 Å². The number of methoxy groups -OCH3 is 1. The van der Waals surface area contributed by atoms with Crippen LogP contribution in [0, 0.1) is 15.9 Å². The highest BCUT2D eigenvalue weighted by Gasteiger charge is 2.16. The van der Waals surface area contributed by atoms with Crippen LogP contribution in [-0.4, -0.2) is 17.9 Å². The summed E-state index contributed by atoms with van der Waals surface area (Å²) in [5.41, 5.74) is 0.237. The lowest BCUT2D eigenvalue weighted by Crippen LogP contribution is -2.12. The van der Waals surface area contributed by atoms with Crippen LogP contribution in [0.5, 0.6) is 5.75 Å². The number of ether oxygens (including phenoxy) is 1. The minimum atomic E-state index is -0.605. The van der Waals surface area contributed by atoms with E-state index in [1.807, 2.05) is 0 Å². The van der Waals surface area contributed by atoms with Crippen molar-refractivity contribution in [2.45, 2.75) is 0 Å². The number of halogens is 1. The van der Waals surface area contributed by atoms with Crippen LogP contribution >= 0.6 is 0 Å². The molecule has 0 atom stereocenters. The van der Waals surface area contributed by atoms with Crippen molar-refractivity contribution in [2.24, 2.45) is 0 Å². The molecule has 0 aliphatic rings. The first-order valence-electron chi connectivity index (χ1n) is 5.90. The van der Waals surface area contributed by atoms with Crippen LogP contribution in [0.2, 0.25) is 0 Å². The highest BCUT2D eigenvalue weighted by molar-refractivity contribution is 6.04. The van der Waals surface area contributed by atoms with E-state index in [1.54, 1.807) is 0 Å². The number of hydrogen-bond donors (Lipinski definition) is 1. The number of nitrogens with zero attached hydrogens (tertiary/aromatic N) is 1. The second-order valence-corrected chi connectivity index (χ2v) is 4.10. The largest absolute Gasteiger partial charge is 0.490 e. The molecule has 0 aromatic heterocycles. The first-order chi connectivity index (χ1) is 10.0. The molecule has 0 radical (unpaired) electrons. The summed E-state index contributed by atoms with van der Waals surface area (Å²) in [6.07, 6.45) is 0. The van der Waals surface area contributed by atoms with Gasteiger partial charge in [0.25, 0.3) is 5.91 Å². The third-order valence-electron chi connectivity index (χ3n) is 2.74. The van der Waals surface area contributed by atoms with Gasteiger partial charge in [0.2, 0.25) is 0 Å². The second kappa shape index (κ2) is 6.00. The Morgan fingerprint density at radius 2 is 1.90 bits per heavy atom. The van der Waals surface area contributed by atoms with Crippen molar-refractivity contribution < 1.29 is 18.8 Å². The molecule has 0 saturated heterocycles. The van der Waals surface area contributed by atoms with Crippen LogP contribution in [0.15, 0.2) is 42.5 Å². The molecular weight excluding hydrogens is 279 g/mol. The van der Waals surface area contributed by atoms with Crippen molar-refractivity contribution in [1.82, 2.24) is 0 Å². The van der Waals surface area contributed by atoms with E-state index in [-0.39, 0.29) is 22.7 Å². The number of amides is 1. The predicted octanol–water partition coefficient (Wildman–Crippen LogP) is 2.99. The van der Waals surface area contributed by atoms with Crippen molar-refractivity contribution >= 4 is 17.3 Å². The molecule has 108 valence electrons. The lowest BCUT2D eigenvalue weighted by Gasteiger charge is -2.07. The number of anilines is 1. The number of nitro benzene ring substituents is 1. The van der Waals surface area contributed by atoms with Gasteiger partial charge in [0.05, 0.1) is 12.0 Å². The van der Waals surface area contributed by atoms with Gasteiger partial charge in [0, 0.05) is 17.3 Å². The summed E-state index contributed by atoms with van der Waals surface area (Å²) < 4.78 is 17.6. The van der Waals surface area contributed by atoms with Crippen molar-refractivity contribution in [3.8, 4) is 5.75 Å². The molecule has 0 fully saturated rings. The first kappa shape index (κ1) is 14.4. The summed E-state index contributed by atoms with van der Waals surface area (Å²) in [4.78, 5) is 22.2. The lowest BCUT2D eigenvalue weighted by atomic mass is 10.2. The SMILES string of the molecule is COc1ccc(NC(=O)c2ccc(F)cc2)cc1[N+](=O)[O-]. The van der Waals surface area contributed by atoms with Crippen LogP contribution in [0.1, 0.15) is 10.4 Å². The van der Waals surface area contributed by atoms with E-state index in [2.05, 4.69) is 5.32 Å². The summed E-state index contributed by atoms with van der Waals surface area (Å²) >= 11 is 0. The van der Waals surface area contributed by atoms with Gasteiger partial charge in [-0.05, 0) is 36.4 Å². The maximum atomic E-state index is 12.8. The Balaban J connectivity index is 2.23. The number of carbonyl (C=O) groups is 1. The van der Waals surface area contributed by atoms with Crippen molar-refractivity contribution in [2.75, 3.05) is 12.4 Å². The Hall–Kier alpha value is -2.96. The van der Waals surface area contributed by atoms with Crippen LogP contribution in [-0.2, 0) is 0 Å². The number of carbonyl (C=O) groups excluding carboxylic acids is 1. The number of hydrogen-bond acceptors (Lipinski definition) is 4. The van der Waals surface area contributed by atoms with Crippen molar-refractivity contribution in [3.05, 3.63) is 64.0 Å². The summed E-state index contributed by atoms with van der Waals surface area (Å²) in [6, 6.07) is 9.02. The standard InChI is InChI=1S/C14H11FN2O4/c1-21-13-7-6-11(8-12(13)17(19)20)16-14(18)9-2-4-10(15)5-3-9/h2-8H,1H3,(H,16,18). The van der Waals surface area contributed by atoms with E-state index in [1.165, 1.54) is 37.4 Å². The number of rotatable bonds is 4. The highest BCUT2D eigenvalue weighted by atomic mass is 19.1. The molecule has 6 nitrogen and oxygen atoms in total. The van der Waals surface area contributed by atoms with Crippen molar-refractivity contribution in [3.63, 3.8) is 0 Å². The fraction of sp³-hybridized carbons (Fsp3) is 0.0714. The Bertz CT molecular complexity index is 686. The molecule has 2 rings (SSSR count). The monoisotopic (exact) mass is 290 g/mol. The van der Waals surface area contributed by atoms with Crippen molar-refractivity contribution in [1.29, 1.82) is 0 Å². The zero-order valence-corrected chi connectivity index (χ0v) is 11.0. The fourth-order valence-electron chi connectivity index (χ4n) is 1.71. The average molecular weight is 290 g/mol. The summed E-state index contributed by atoms with van der Waals surface area (Å²) in [5, 5.41) is 13.4. The van der Waals surface area contributed by atoms with E-state index < -0.39 is 16.6 Å². The Morgan fingerprint density at radius 1 is 1.24 bits per heavy atom. The van der Waals surface area contributed by atoms with Gasteiger partial charge in [-0.3, -0.25) is 14.9 Å². The van der Waals surface area contributed by atoms with Crippen LogP contribution in [0.4, 0.5) is 15.8 Å². The van der Waals surface area contributed by atoms with Crippen LogP contribution in [0.25, 0.3) is 0 Å². The zero-order chi connectivity index (χ0) is 15.4. The molecule has 0 bridgehead atoms. The minimum Gasteiger partial charge on any atom is -0.490 e. The summed E-state index contributed by atoms with van der Waals surface area (Å²) in [6.45, 7) is 0. The second-order valence-electron chi connectivity index (χ2n) is 4.10. The molecule has 2 aromatic carbocycles. The van der Waals surface area contributed by atoms with E-state index >= 15 is 0 Å². The van der Waals surface area contributed by atoms with Gasteiger partial charge in [0.1, 0.15) is 5.82 Å². The van der Waals surface area contributed by atoms with E-state index in [9.17, 15) is 19.3 Å². The number of benzene rings is 2. The molecule has 0 aliphatic carbocycles. The lowest BCUT2D eigenvalue weighted by molar-refractivity contribution is -0.385. The maximum Gasteiger partial charge on any atom is 0.312 e. The Morgan fingerprint density at radius 3 is 2.48 bits per heavy atom. The summed E-state index contributed by atoms with van der Waals surface area (Å²) in [5.74, 6) is -0.846. The first-order valence-corrected chi connectivity index (χ1v) is 5.90. The molecule has 7 heteroatoms. The van der Waals surface area contributed by atoms with Gasteiger partial charge >= 0.3 is 5.69 Å². The molecule has 0 unspecified atom stereocenters. The highest BCUT2D eigenvalue weighted by Crippen LogP contribution is 2.29. The average Bonchev–Trinajstić information content (AvgIpc) is 2.47. The molecule has 0 heterocycles. The minimum absolute atomic E-state index is 0.0970. The zero-order valence-electron chi connectivity index (χ0n) is 11.0. The van der Waals surface area contributed by atoms with Gasteiger partial charge in [-0.25, -0.2) is 4.39 Å². The van der Waals surface area contributed by atoms with E-state index in [4.69, 9.17) is 4.74 Å². The topological polar surface area (TPSA) is 81.5 Å². The molecule has 2 aromatic rings. The van der Waals surface area contributed by atoms with Gasteiger partial charge in [-0.15, -0.1) is 0 Å². The quantitative estimate of drug-likeness (QED) is 0.693. The number of nitrogens with one attached hydrogen (secondary N) is 1. The molecule has 0 saturated carbocycles. The predicted molar refractivity (Wildman–Crippen MR) is 74.0 cm³/mol. The normalized spacial score (nSPS) is 10.0. The number of nitro groups is 1. The smallest absolute Gasteiger partial charge is 0.312 e. The molecule has 1 N–H and O–H groups in total. The Kier molecular flexibility index (Phi) is 4.13. The molecule has 1 amide bonds. The van der Waals surface area contributed by atoms with Gasteiger partial charge in [-0.2, -0.15) is 0 Å². The maximum absolute atomic E-state index is 12.8. The third-order valence-corrected chi connectivity index (χ3v) is 2.74.